The van der Waals surface area contributed by atoms with Gasteiger partial charge in [-0.15, -0.1) is 5.10 Å². The molecule has 1 amide bonds. The molecular formula is C12H9BrN4O2. The highest BCUT2D eigenvalue weighted by atomic mass is 79.9. The van der Waals surface area contributed by atoms with Crippen LogP contribution in [0, 0.1) is 0 Å². The minimum absolute atomic E-state index is 0.230. The molecule has 1 aromatic heterocycles. The summed E-state index contributed by atoms with van der Waals surface area (Å²) in [4.78, 5) is 25.3. The normalized spacial score (nSPS) is 14.1. The molecule has 96 valence electrons. The first kappa shape index (κ1) is 12.0. The molecule has 19 heavy (non-hydrogen) atoms. The molecule has 0 radical (unpaired) electrons. The van der Waals surface area contributed by atoms with Gasteiger partial charge in [-0.3, -0.25) is 19.2 Å². The summed E-state index contributed by atoms with van der Waals surface area (Å²) < 4.78 is 2.27. The molecule has 1 aliphatic heterocycles. The molecule has 0 bridgehead atoms. The number of hydrogen-bond acceptors (Lipinski definition) is 4. The average molecular weight is 321 g/mol. The maximum atomic E-state index is 12.0. The van der Waals surface area contributed by atoms with Crippen LogP contribution < -0.4 is 4.90 Å². The molecule has 3 rings (SSSR count). The first-order chi connectivity index (χ1) is 9.08. The number of rotatable bonds is 2. The van der Waals surface area contributed by atoms with E-state index in [1.54, 1.807) is 36.1 Å². The van der Waals surface area contributed by atoms with Crippen molar-refractivity contribution in [2.75, 3.05) is 4.90 Å². The van der Waals surface area contributed by atoms with Gasteiger partial charge in [-0.25, -0.2) is 0 Å². The predicted molar refractivity (Wildman–Crippen MR) is 70.7 cm³/mol. The van der Waals surface area contributed by atoms with E-state index in [-0.39, 0.29) is 6.54 Å². The third-order valence-corrected chi connectivity index (χ3v) is 3.55. The molecule has 0 aliphatic carbocycles. The molecule has 0 fully saturated rings. The molecule has 2 aromatic rings. The Hall–Kier alpha value is -2.02. The number of Topliss-reactive ketones (excluding diaryl/α,β-unsaturated/α-hetero) is 1. The summed E-state index contributed by atoms with van der Waals surface area (Å²) in [6.07, 6.45) is 1.71. The van der Waals surface area contributed by atoms with Crippen LogP contribution in [-0.4, -0.2) is 26.7 Å². The Morgan fingerprint density at radius 1 is 1.32 bits per heavy atom. The number of fused-ring (bicyclic) bond motifs is 1. The number of nitrogens with zero attached hydrogens (tertiary/aromatic N) is 4. The Labute approximate surface area is 117 Å². The molecule has 0 saturated heterocycles. The second-order valence-corrected chi connectivity index (χ2v) is 5.09. The van der Waals surface area contributed by atoms with Crippen molar-refractivity contribution in [3.8, 4) is 0 Å². The lowest BCUT2D eigenvalue weighted by molar-refractivity contribution is -0.114. The Kier molecular flexibility index (Phi) is 2.70. The number of amides is 1. The molecule has 6 nitrogen and oxygen atoms in total. The quantitative estimate of drug-likeness (QED) is 0.782. The lowest BCUT2D eigenvalue weighted by Crippen LogP contribution is -2.29. The van der Waals surface area contributed by atoms with Gasteiger partial charge in [-0.2, -0.15) is 0 Å². The molecule has 2 heterocycles. The minimum atomic E-state index is -0.535. The number of para-hydroxylation sites is 1. The lowest BCUT2D eigenvalue weighted by Gasteiger charge is -2.15. The Morgan fingerprint density at radius 3 is 2.79 bits per heavy atom. The van der Waals surface area contributed by atoms with E-state index in [9.17, 15) is 9.59 Å². The van der Waals surface area contributed by atoms with Gasteiger partial charge in [-0.05, 0) is 28.1 Å². The number of benzene rings is 1. The third kappa shape index (κ3) is 1.86. The number of carbonyl (C=O) groups is 2. The highest BCUT2D eigenvalue weighted by molar-refractivity contribution is 9.10. The van der Waals surface area contributed by atoms with E-state index < -0.39 is 11.7 Å². The second-order valence-electron chi connectivity index (χ2n) is 4.24. The number of aryl methyl sites for hydroxylation is 1. The number of aromatic nitrogens is 3. The Balaban J connectivity index is 2.04. The van der Waals surface area contributed by atoms with Crippen LogP contribution >= 0.6 is 15.9 Å². The van der Waals surface area contributed by atoms with E-state index >= 15 is 0 Å². The van der Waals surface area contributed by atoms with Crippen molar-refractivity contribution in [3.63, 3.8) is 0 Å². The fourth-order valence-electron chi connectivity index (χ4n) is 2.09. The van der Waals surface area contributed by atoms with E-state index in [0.717, 1.165) is 0 Å². The molecule has 0 unspecified atom stereocenters. The van der Waals surface area contributed by atoms with Gasteiger partial charge in [0.15, 0.2) is 0 Å². The van der Waals surface area contributed by atoms with Gasteiger partial charge < -0.3 is 0 Å². The summed E-state index contributed by atoms with van der Waals surface area (Å²) in [5.74, 6) is -1.02. The maximum absolute atomic E-state index is 12.0. The van der Waals surface area contributed by atoms with Gasteiger partial charge in [0.25, 0.3) is 11.7 Å². The largest absolute Gasteiger partial charge is 0.299 e. The monoisotopic (exact) mass is 320 g/mol. The average Bonchev–Trinajstić information content (AvgIpc) is 2.89. The van der Waals surface area contributed by atoms with E-state index in [1.165, 1.54) is 4.90 Å². The topological polar surface area (TPSA) is 68.1 Å². The summed E-state index contributed by atoms with van der Waals surface area (Å²) in [6.45, 7) is 0.230. The molecule has 0 spiro atoms. The van der Waals surface area contributed by atoms with Gasteiger partial charge in [0.1, 0.15) is 5.69 Å². The van der Waals surface area contributed by atoms with Crippen LogP contribution in [0.15, 0.2) is 28.9 Å². The van der Waals surface area contributed by atoms with Gasteiger partial charge in [-0.1, -0.05) is 11.3 Å². The van der Waals surface area contributed by atoms with Crippen molar-refractivity contribution in [3.05, 3.63) is 40.1 Å². The number of halogens is 1. The smallest absolute Gasteiger partial charge is 0.297 e. The summed E-state index contributed by atoms with van der Waals surface area (Å²) in [5.41, 5.74) is 1.65. The van der Waals surface area contributed by atoms with Crippen molar-refractivity contribution in [1.29, 1.82) is 0 Å². The molecule has 0 N–H and O–H groups in total. The lowest BCUT2D eigenvalue weighted by atomic mass is 10.1. The zero-order valence-corrected chi connectivity index (χ0v) is 11.6. The van der Waals surface area contributed by atoms with E-state index in [1.807, 2.05) is 0 Å². The summed E-state index contributed by atoms with van der Waals surface area (Å²) in [6, 6.07) is 5.19. The van der Waals surface area contributed by atoms with Crippen molar-refractivity contribution in [2.45, 2.75) is 6.54 Å². The highest BCUT2D eigenvalue weighted by Crippen LogP contribution is 2.36. The fraction of sp³-hybridized carbons (Fsp3) is 0.167. The first-order valence-corrected chi connectivity index (χ1v) is 6.37. The zero-order chi connectivity index (χ0) is 13.6. The Bertz CT molecular complexity index is 695. The first-order valence-electron chi connectivity index (χ1n) is 5.58. The third-order valence-electron chi connectivity index (χ3n) is 2.91. The van der Waals surface area contributed by atoms with Gasteiger partial charge in [0.2, 0.25) is 0 Å². The Morgan fingerprint density at radius 2 is 2.11 bits per heavy atom. The molecule has 0 atom stereocenters. The second kappa shape index (κ2) is 4.27. The summed E-state index contributed by atoms with van der Waals surface area (Å²) in [7, 11) is 1.75. The van der Waals surface area contributed by atoms with Crippen LogP contribution in [-0.2, 0) is 18.4 Å². The van der Waals surface area contributed by atoms with Crippen molar-refractivity contribution in [1.82, 2.24) is 15.0 Å². The minimum Gasteiger partial charge on any atom is -0.297 e. The molecular weight excluding hydrogens is 312 g/mol. The van der Waals surface area contributed by atoms with Crippen LogP contribution in [0.3, 0.4) is 0 Å². The van der Waals surface area contributed by atoms with Gasteiger partial charge in [0.05, 0.1) is 17.8 Å². The summed E-state index contributed by atoms with van der Waals surface area (Å²) in [5, 5.41) is 7.75. The number of hydrogen-bond donors (Lipinski definition) is 0. The van der Waals surface area contributed by atoms with Crippen molar-refractivity contribution < 1.29 is 9.59 Å². The SMILES string of the molecule is Cn1cc(CN2C(=O)C(=O)c3cccc(Br)c32)nn1. The van der Waals surface area contributed by atoms with Crippen LogP contribution in [0.1, 0.15) is 16.1 Å². The van der Waals surface area contributed by atoms with Crippen molar-refractivity contribution >= 4 is 33.3 Å². The highest BCUT2D eigenvalue weighted by Gasteiger charge is 2.37. The molecule has 7 heteroatoms. The van der Waals surface area contributed by atoms with Gasteiger partial charge in [0, 0.05) is 17.7 Å². The predicted octanol–water partition coefficient (Wildman–Crippen LogP) is 1.31. The van der Waals surface area contributed by atoms with Crippen LogP contribution in [0.25, 0.3) is 0 Å². The zero-order valence-electron chi connectivity index (χ0n) is 10.00. The molecule has 1 aliphatic rings. The van der Waals surface area contributed by atoms with Crippen LogP contribution in [0.2, 0.25) is 0 Å². The summed E-state index contributed by atoms with van der Waals surface area (Å²) >= 11 is 3.37. The number of ketones is 1. The fourth-order valence-corrected chi connectivity index (χ4v) is 2.67. The standard InChI is InChI=1S/C12H9BrN4O2/c1-16-5-7(14-15-16)6-17-10-8(11(18)12(17)19)3-2-4-9(10)13/h2-5H,6H2,1H3. The molecule has 1 aromatic carbocycles. The van der Waals surface area contributed by atoms with Crippen molar-refractivity contribution in [2.24, 2.45) is 7.05 Å². The molecule has 0 saturated carbocycles. The maximum Gasteiger partial charge on any atom is 0.299 e. The van der Waals surface area contributed by atoms with Gasteiger partial charge >= 0.3 is 0 Å². The van der Waals surface area contributed by atoms with Crippen LogP contribution in [0.5, 0.6) is 0 Å². The van der Waals surface area contributed by atoms with E-state index in [4.69, 9.17) is 0 Å². The van der Waals surface area contributed by atoms with E-state index in [2.05, 4.69) is 26.2 Å². The van der Waals surface area contributed by atoms with E-state index in [0.29, 0.717) is 21.4 Å². The number of carbonyl (C=O) groups excluding carboxylic acids is 2. The van der Waals surface area contributed by atoms with Crippen LogP contribution in [0.4, 0.5) is 5.69 Å². The number of anilines is 1.